The lowest BCUT2D eigenvalue weighted by Gasteiger charge is -2.41. The van der Waals surface area contributed by atoms with Gasteiger partial charge in [-0.15, -0.1) is 0 Å². The van der Waals surface area contributed by atoms with Gasteiger partial charge < -0.3 is 10.1 Å². The van der Waals surface area contributed by atoms with E-state index in [1.807, 2.05) is 0 Å². The van der Waals surface area contributed by atoms with Gasteiger partial charge in [0.25, 0.3) is 0 Å². The second-order valence-corrected chi connectivity index (χ2v) is 7.83. The van der Waals surface area contributed by atoms with E-state index in [1.54, 1.807) is 0 Å². The van der Waals surface area contributed by atoms with Crippen LogP contribution in [0.2, 0.25) is 0 Å². The number of rotatable bonds is 4. The zero-order valence-electron chi connectivity index (χ0n) is 13.2. The molecule has 1 aromatic rings. The number of hydrogen-bond donors (Lipinski definition) is 1. The zero-order chi connectivity index (χ0) is 14.9. The summed E-state index contributed by atoms with van der Waals surface area (Å²) in [6.45, 7) is 3.30. The highest BCUT2D eigenvalue weighted by atomic mass is 79.9. The molecule has 1 fully saturated rings. The standard InChI is InChI=1S/C18H26BrNO/c1-18(7-4-3-5-8-18)16(20-2)12-14-11-15(19)10-13-6-9-21-17(13)14/h10-11,16,20H,3-9,12H2,1-2H3. The number of nitrogens with one attached hydrogen (secondary N) is 1. The van der Waals surface area contributed by atoms with Gasteiger partial charge in [0.2, 0.25) is 0 Å². The molecule has 1 heterocycles. The molecule has 1 aromatic carbocycles. The van der Waals surface area contributed by atoms with Gasteiger partial charge in [0.05, 0.1) is 6.61 Å². The van der Waals surface area contributed by atoms with Gasteiger partial charge in [0.1, 0.15) is 5.75 Å². The Morgan fingerprint density at radius 1 is 1.29 bits per heavy atom. The number of hydrogen-bond acceptors (Lipinski definition) is 2. The predicted molar refractivity (Wildman–Crippen MR) is 91.1 cm³/mol. The van der Waals surface area contributed by atoms with Gasteiger partial charge in [-0.2, -0.15) is 0 Å². The molecule has 2 aliphatic rings. The van der Waals surface area contributed by atoms with Crippen LogP contribution in [0, 0.1) is 5.41 Å². The Bertz CT molecular complexity index is 508. The summed E-state index contributed by atoms with van der Waals surface area (Å²) in [6.07, 6.45) is 8.95. The Kier molecular flexibility index (Phi) is 4.60. The maximum absolute atomic E-state index is 5.90. The number of likely N-dealkylation sites (N-methyl/N-ethyl adjacent to an activating group) is 1. The van der Waals surface area contributed by atoms with Gasteiger partial charge in [0, 0.05) is 16.9 Å². The van der Waals surface area contributed by atoms with Crippen molar-refractivity contribution in [2.45, 2.75) is 57.9 Å². The highest BCUT2D eigenvalue weighted by Crippen LogP contribution is 2.41. The lowest BCUT2D eigenvalue weighted by molar-refractivity contribution is 0.148. The second-order valence-electron chi connectivity index (χ2n) is 6.91. The number of fused-ring (bicyclic) bond motifs is 1. The van der Waals surface area contributed by atoms with Gasteiger partial charge in [-0.25, -0.2) is 0 Å². The Hall–Kier alpha value is -0.540. The highest BCUT2D eigenvalue weighted by Gasteiger charge is 2.35. The molecule has 1 saturated carbocycles. The monoisotopic (exact) mass is 351 g/mol. The van der Waals surface area contributed by atoms with Crippen LogP contribution >= 0.6 is 15.9 Å². The van der Waals surface area contributed by atoms with Crippen molar-refractivity contribution in [2.24, 2.45) is 5.41 Å². The second kappa shape index (κ2) is 6.29. The Morgan fingerprint density at radius 2 is 2.05 bits per heavy atom. The molecule has 1 atom stereocenters. The molecular weight excluding hydrogens is 326 g/mol. The van der Waals surface area contributed by atoms with Crippen LogP contribution in [0.3, 0.4) is 0 Å². The van der Waals surface area contributed by atoms with E-state index in [1.165, 1.54) is 47.7 Å². The van der Waals surface area contributed by atoms with Crippen LogP contribution in [0.4, 0.5) is 0 Å². The maximum atomic E-state index is 5.90. The fourth-order valence-electron chi connectivity index (χ4n) is 4.12. The smallest absolute Gasteiger partial charge is 0.125 e. The van der Waals surface area contributed by atoms with Crippen molar-refractivity contribution < 1.29 is 4.74 Å². The molecule has 1 N–H and O–H groups in total. The molecule has 0 radical (unpaired) electrons. The fourth-order valence-corrected chi connectivity index (χ4v) is 4.68. The van der Waals surface area contributed by atoms with Crippen molar-refractivity contribution in [3.05, 3.63) is 27.7 Å². The molecule has 0 amide bonds. The van der Waals surface area contributed by atoms with E-state index in [-0.39, 0.29) is 0 Å². The number of benzene rings is 1. The van der Waals surface area contributed by atoms with Crippen molar-refractivity contribution in [1.29, 1.82) is 0 Å². The van der Waals surface area contributed by atoms with Gasteiger partial charge in [-0.3, -0.25) is 0 Å². The molecule has 0 spiro atoms. The quantitative estimate of drug-likeness (QED) is 0.862. The lowest BCUT2D eigenvalue weighted by Crippen LogP contribution is -2.44. The minimum Gasteiger partial charge on any atom is -0.493 e. The van der Waals surface area contributed by atoms with E-state index in [0.717, 1.165) is 25.2 Å². The molecule has 21 heavy (non-hydrogen) atoms. The summed E-state index contributed by atoms with van der Waals surface area (Å²) < 4.78 is 7.09. The van der Waals surface area contributed by atoms with Crippen molar-refractivity contribution in [3.8, 4) is 5.75 Å². The van der Waals surface area contributed by atoms with Crippen LogP contribution in [0.15, 0.2) is 16.6 Å². The normalized spacial score (nSPS) is 21.7. The van der Waals surface area contributed by atoms with Crippen molar-refractivity contribution >= 4 is 15.9 Å². The zero-order valence-corrected chi connectivity index (χ0v) is 14.8. The van der Waals surface area contributed by atoms with Crippen molar-refractivity contribution in [1.82, 2.24) is 5.32 Å². The van der Waals surface area contributed by atoms with E-state index in [4.69, 9.17) is 4.74 Å². The average molecular weight is 352 g/mol. The summed E-state index contributed by atoms with van der Waals surface area (Å²) in [5.41, 5.74) is 3.15. The lowest BCUT2D eigenvalue weighted by atomic mass is 9.69. The molecule has 0 bridgehead atoms. The highest BCUT2D eigenvalue weighted by molar-refractivity contribution is 9.10. The SMILES string of the molecule is CNC(Cc1cc(Br)cc2c1OCC2)C1(C)CCCCC1. The molecule has 1 aliphatic carbocycles. The molecular formula is C18H26BrNO. The Balaban J connectivity index is 1.84. The number of ether oxygens (including phenoxy) is 1. The predicted octanol–water partition coefficient (Wildman–Crippen LogP) is 4.48. The summed E-state index contributed by atoms with van der Waals surface area (Å²) >= 11 is 3.66. The van der Waals surface area contributed by atoms with E-state index in [2.05, 4.69) is 47.4 Å². The molecule has 3 rings (SSSR count). The van der Waals surface area contributed by atoms with Gasteiger partial charge in [-0.05, 0) is 55.0 Å². The third-order valence-electron chi connectivity index (χ3n) is 5.43. The minimum atomic E-state index is 0.417. The van der Waals surface area contributed by atoms with Gasteiger partial charge >= 0.3 is 0 Å². The fraction of sp³-hybridized carbons (Fsp3) is 0.667. The summed E-state index contributed by atoms with van der Waals surface area (Å²) in [7, 11) is 2.11. The first-order valence-electron chi connectivity index (χ1n) is 8.24. The third kappa shape index (κ3) is 3.14. The average Bonchev–Trinajstić information content (AvgIpc) is 2.93. The molecule has 0 saturated heterocycles. The summed E-state index contributed by atoms with van der Waals surface area (Å²) in [5, 5.41) is 3.60. The van der Waals surface area contributed by atoms with E-state index >= 15 is 0 Å². The summed E-state index contributed by atoms with van der Waals surface area (Å²) in [5.74, 6) is 1.15. The molecule has 116 valence electrons. The van der Waals surface area contributed by atoms with Crippen molar-refractivity contribution in [2.75, 3.05) is 13.7 Å². The summed E-state index contributed by atoms with van der Waals surface area (Å²) in [6, 6.07) is 4.99. The van der Waals surface area contributed by atoms with Crippen LogP contribution in [0.25, 0.3) is 0 Å². The summed E-state index contributed by atoms with van der Waals surface area (Å²) in [4.78, 5) is 0. The van der Waals surface area contributed by atoms with Crippen LogP contribution in [0.5, 0.6) is 5.75 Å². The molecule has 1 aliphatic heterocycles. The van der Waals surface area contributed by atoms with Crippen LogP contribution in [0.1, 0.15) is 50.2 Å². The minimum absolute atomic E-state index is 0.417. The topological polar surface area (TPSA) is 21.3 Å². The molecule has 3 heteroatoms. The largest absolute Gasteiger partial charge is 0.493 e. The van der Waals surface area contributed by atoms with Gasteiger partial charge in [-0.1, -0.05) is 42.1 Å². The van der Waals surface area contributed by atoms with E-state index in [0.29, 0.717) is 11.5 Å². The molecule has 1 unspecified atom stereocenters. The first kappa shape index (κ1) is 15.4. The van der Waals surface area contributed by atoms with E-state index in [9.17, 15) is 0 Å². The van der Waals surface area contributed by atoms with Gasteiger partial charge in [0.15, 0.2) is 0 Å². The Labute approximate surface area is 136 Å². The van der Waals surface area contributed by atoms with Crippen LogP contribution in [-0.2, 0) is 12.8 Å². The molecule has 2 nitrogen and oxygen atoms in total. The third-order valence-corrected chi connectivity index (χ3v) is 5.89. The maximum Gasteiger partial charge on any atom is 0.125 e. The molecule has 0 aromatic heterocycles. The van der Waals surface area contributed by atoms with Crippen LogP contribution in [-0.4, -0.2) is 19.7 Å². The Morgan fingerprint density at radius 3 is 2.76 bits per heavy atom. The first-order chi connectivity index (χ1) is 10.1. The van der Waals surface area contributed by atoms with E-state index < -0.39 is 0 Å². The van der Waals surface area contributed by atoms with Crippen molar-refractivity contribution in [3.63, 3.8) is 0 Å². The van der Waals surface area contributed by atoms with Crippen LogP contribution < -0.4 is 10.1 Å². The number of halogens is 1. The first-order valence-corrected chi connectivity index (χ1v) is 9.03.